The van der Waals surface area contributed by atoms with Gasteiger partial charge in [0.2, 0.25) is 0 Å². The van der Waals surface area contributed by atoms with E-state index in [-0.39, 0.29) is 0 Å². The Balaban J connectivity index is 2.94. The molecule has 0 fully saturated rings. The number of carbonyl (C=O) groups is 1. The van der Waals surface area contributed by atoms with E-state index in [1.54, 1.807) is 6.07 Å². The van der Waals surface area contributed by atoms with Crippen molar-refractivity contribution in [3.63, 3.8) is 0 Å². The fourth-order valence-electron chi connectivity index (χ4n) is 1.93. The van der Waals surface area contributed by atoms with Gasteiger partial charge < -0.3 is 10.2 Å². The Hall–Kier alpha value is -0.870. The van der Waals surface area contributed by atoms with Crippen molar-refractivity contribution < 1.29 is 15.0 Å². The number of hydrogen-bond donors (Lipinski definition) is 2. The Labute approximate surface area is 116 Å². The molecule has 0 aromatic heterocycles. The van der Waals surface area contributed by atoms with Crippen LogP contribution in [-0.4, -0.2) is 16.2 Å². The van der Waals surface area contributed by atoms with Crippen LogP contribution in [0.5, 0.6) is 0 Å². The molecule has 2 N–H and O–H groups in total. The molecule has 0 spiro atoms. The highest BCUT2D eigenvalue weighted by molar-refractivity contribution is 9.10. The number of rotatable bonds is 6. The van der Waals surface area contributed by atoms with Gasteiger partial charge >= 0.3 is 5.97 Å². The second-order valence-electron chi connectivity index (χ2n) is 4.56. The highest BCUT2D eigenvalue weighted by atomic mass is 79.9. The van der Waals surface area contributed by atoms with Crippen LogP contribution in [0.3, 0.4) is 0 Å². The largest absolute Gasteiger partial charge is 0.481 e. The van der Waals surface area contributed by atoms with Crippen LogP contribution in [0, 0.1) is 12.8 Å². The van der Waals surface area contributed by atoms with E-state index >= 15 is 0 Å². The van der Waals surface area contributed by atoms with Crippen LogP contribution in [-0.2, 0) is 4.79 Å². The quantitative estimate of drug-likeness (QED) is 0.842. The van der Waals surface area contributed by atoms with Crippen molar-refractivity contribution in [2.24, 2.45) is 5.92 Å². The molecule has 0 saturated heterocycles. The van der Waals surface area contributed by atoms with Gasteiger partial charge in [0.1, 0.15) is 0 Å². The molecule has 1 rings (SSSR count). The molecule has 0 amide bonds. The molecule has 18 heavy (non-hydrogen) atoms. The summed E-state index contributed by atoms with van der Waals surface area (Å²) in [5.74, 6) is -1.69. The molecule has 100 valence electrons. The molecular weight excluding hydrogens is 296 g/mol. The topological polar surface area (TPSA) is 57.5 Å². The first kappa shape index (κ1) is 15.2. The summed E-state index contributed by atoms with van der Waals surface area (Å²) in [6.07, 6.45) is 1.25. The van der Waals surface area contributed by atoms with E-state index in [0.29, 0.717) is 12.0 Å². The zero-order chi connectivity index (χ0) is 13.7. The zero-order valence-corrected chi connectivity index (χ0v) is 12.3. The number of unbranched alkanes of at least 4 members (excludes halogenated alkanes) is 1. The number of benzene rings is 1. The molecule has 0 saturated carbocycles. The lowest BCUT2D eigenvalue weighted by atomic mass is 9.91. The van der Waals surface area contributed by atoms with E-state index in [1.165, 1.54) is 0 Å². The third-order valence-corrected chi connectivity index (χ3v) is 3.73. The normalized spacial score (nSPS) is 14.2. The molecule has 4 heteroatoms. The third-order valence-electron chi connectivity index (χ3n) is 3.04. The second-order valence-corrected chi connectivity index (χ2v) is 5.41. The summed E-state index contributed by atoms with van der Waals surface area (Å²) in [6.45, 7) is 3.96. The van der Waals surface area contributed by atoms with Crippen LogP contribution in [0.2, 0.25) is 0 Å². The molecule has 2 unspecified atom stereocenters. The summed E-state index contributed by atoms with van der Waals surface area (Å²) in [5.41, 5.74) is 1.71. The van der Waals surface area contributed by atoms with Crippen molar-refractivity contribution in [2.75, 3.05) is 0 Å². The fraction of sp³-hybridized carbons (Fsp3) is 0.500. The number of halogens is 1. The van der Waals surface area contributed by atoms with E-state index in [2.05, 4.69) is 15.9 Å². The molecule has 0 aliphatic rings. The SMILES string of the molecule is CCCCC(C(=O)O)C(O)c1ccc(C)cc1Br. The maximum atomic E-state index is 11.2. The Morgan fingerprint density at radius 1 is 1.44 bits per heavy atom. The number of carboxylic acid groups (broad SMARTS) is 1. The van der Waals surface area contributed by atoms with Crippen molar-refractivity contribution >= 4 is 21.9 Å². The van der Waals surface area contributed by atoms with Gasteiger partial charge in [-0.15, -0.1) is 0 Å². The van der Waals surface area contributed by atoms with Crippen LogP contribution >= 0.6 is 15.9 Å². The second kappa shape index (κ2) is 6.90. The maximum Gasteiger partial charge on any atom is 0.309 e. The van der Waals surface area contributed by atoms with Gasteiger partial charge in [0.25, 0.3) is 0 Å². The summed E-state index contributed by atoms with van der Waals surface area (Å²) < 4.78 is 0.762. The van der Waals surface area contributed by atoms with Crippen LogP contribution in [0.4, 0.5) is 0 Å². The van der Waals surface area contributed by atoms with Gasteiger partial charge in [-0.05, 0) is 30.5 Å². The van der Waals surface area contributed by atoms with Crippen molar-refractivity contribution in [2.45, 2.75) is 39.2 Å². The molecule has 3 nitrogen and oxygen atoms in total. The smallest absolute Gasteiger partial charge is 0.309 e. The van der Waals surface area contributed by atoms with Gasteiger partial charge in [0.15, 0.2) is 0 Å². The minimum Gasteiger partial charge on any atom is -0.481 e. The average molecular weight is 315 g/mol. The predicted molar refractivity (Wildman–Crippen MR) is 74.5 cm³/mol. The van der Waals surface area contributed by atoms with Gasteiger partial charge in [-0.25, -0.2) is 0 Å². The lowest BCUT2D eigenvalue weighted by Crippen LogP contribution is -2.22. The number of aliphatic hydroxyl groups is 1. The number of carboxylic acids is 1. The van der Waals surface area contributed by atoms with Gasteiger partial charge in [-0.2, -0.15) is 0 Å². The molecule has 1 aromatic rings. The first-order valence-electron chi connectivity index (χ1n) is 6.14. The maximum absolute atomic E-state index is 11.2. The van der Waals surface area contributed by atoms with Crippen LogP contribution in [0.25, 0.3) is 0 Å². The predicted octanol–water partition coefficient (Wildman–Crippen LogP) is 3.68. The van der Waals surface area contributed by atoms with Crippen molar-refractivity contribution in [3.05, 3.63) is 33.8 Å². The van der Waals surface area contributed by atoms with Crippen molar-refractivity contribution in [1.82, 2.24) is 0 Å². The summed E-state index contributed by atoms with van der Waals surface area (Å²) in [6, 6.07) is 5.55. The van der Waals surface area contributed by atoms with E-state index in [4.69, 9.17) is 0 Å². The summed E-state index contributed by atoms with van der Waals surface area (Å²) in [7, 11) is 0. The standard InChI is InChI=1S/C14H19BrO3/c1-3-4-5-11(14(17)18)13(16)10-7-6-9(2)8-12(10)15/h6-8,11,13,16H,3-5H2,1-2H3,(H,17,18). The fourth-order valence-corrected chi connectivity index (χ4v) is 2.66. The first-order valence-corrected chi connectivity index (χ1v) is 6.93. The highest BCUT2D eigenvalue weighted by Crippen LogP contribution is 2.32. The van der Waals surface area contributed by atoms with Crippen LogP contribution < -0.4 is 0 Å². The summed E-state index contributed by atoms with van der Waals surface area (Å²) in [4.78, 5) is 11.2. The molecule has 1 aromatic carbocycles. The highest BCUT2D eigenvalue weighted by Gasteiger charge is 2.28. The molecule has 0 aliphatic carbocycles. The minimum atomic E-state index is -0.968. The lowest BCUT2D eigenvalue weighted by molar-refractivity contribution is -0.146. The Morgan fingerprint density at radius 3 is 2.61 bits per heavy atom. The van der Waals surface area contributed by atoms with Gasteiger partial charge in [-0.1, -0.05) is 47.8 Å². The van der Waals surface area contributed by atoms with E-state index < -0.39 is 18.0 Å². The average Bonchev–Trinajstić information content (AvgIpc) is 2.28. The van der Waals surface area contributed by atoms with Gasteiger partial charge in [-0.3, -0.25) is 4.79 Å². The van der Waals surface area contributed by atoms with Crippen molar-refractivity contribution in [3.8, 4) is 0 Å². The Bertz CT molecular complexity index is 418. The Kier molecular flexibility index (Phi) is 5.82. The number of aliphatic hydroxyl groups excluding tert-OH is 1. The molecule has 0 aliphatic heterocycles. The zero-order valence-electron chi connectivity index (χ0n) is 10.7. The lowest BCUT2D eigenvalue weighted by Gasteiger charge is -2.20. The first-order chi connectivity index (χ1) is 8.47. The monoisotopic (exact) mass is 314 g/mol. The molecule has 0 heterocycles. The van der Waals surface area contributed by atoms with Crippen LogP contribution in [0.15, 0.2) is 22.7 Å². The van der Waals surface area contributed by atoms with Gasteiger partial charge in [0, 0.05) is 4.47 Å². The van der Waals surface area contributed by atoms with E-state index in [0.717, 1.165) is 22.9 Å². The van der Waals surface area contributed by atoms with E-state index in [1.807, 2.05) is 26.0 Å². The Morgan fingerprint density at radius 2 is 2.11 bits per heavy atom. The minimum absolute atomic E-state index is 0.493. The van der Waals surface area contributed by atoms with E-state index in [9.17, 15) is 15.0 Å². The molecule has 2 atom stereocenters. The molecular formula is C14H19BrO3. The number of aliphatic carboxylic acids is 1. The summed E-state index contributed by atoms with van der Waals surface area (Å²) >= 11 is 3.38. The van der Waals surface area contributed by atoms with Crippen molar-refractivity contribution in [1.29, 1.82) is 0 Å². The number of hydrogen-bond acceptors (Lipinski definition) is 2. The number of aryl methyl sites for hydroxylation is 1. The van der Waals surface area contributed by atoms with Gasteiger partial charge in [0.05, 0.1) is 12.0 Å². The third kappa shape index (κ3) is 3.82. The summed E-state index contributed by atoms with van der Waals surface area (Å²) in [5, 5.41) is 19.4. The molecule has 0 radical (unpaired) electrons. The molecule has 0 bridgehead atoms. The van der Waals surface area contributed by atoms with Crippen LogP contribution in [0.1, 0.15) is 43.4 Å².